The number of pyridine rings is 1. The normalized spacial score (nSPS) is 14.3. The second-order valence-corrected chi connectivity index (χ2v) is 5.74. The third-order valence-corrected chi connectivity index (χ3v) is 4.09. The van der Waals surface area contributed by atoms with Crippen LogP contribution in [0.4, 0.5) is 5.69 Å². The van der Waals surface area contributed by atoms with Crippen LogP contribution in [-0.2, 0) is 16.1 Å². The molecule has 2 aromatic rings. The molecule has 0 spiro atoms. The number of nitrogens with zero attached hydrogens (tertiary/aromatic N) is 2. The topological polar surface area (TPSA) is 94.9 Å². The fraction of sp³-hybridized carbons (Fsp3) is 0.222. The third-order valence-electron chi connectivity index (χ3n) is 4.09. The van der Waals surface area contributed by atoms with Crippen LogP contribution < -0.4 is 10.6 Å². The van der Waals surface area contributed by atoms with Gasteiger partial charge in [-0.15, -0.1) is 0 Å². The highest BCUT2D eigenvalue weighted by Gasteiger charge is 2.56. The molecule has 0 aliphatic heterocycles. The average molecular weight is 320 g/mol. The van der Waals surface area contributed by atoms with Crippen molar-refractivity contribution in [1.82, 2.24) is 10.3 Å². The molecule has 0 radical (unpaired) electrons. The molecule has 1 aromatic carbocycles. The lowest BCUT2D eigenvalue weighted by Crippen LogP contribution is -2.39. The van der Waals surface area contributed by atoms with Crippen molar-refractivity contribution < 1.29 is 9.59 Å². The van der Waals surface area contributed by atoms with E-state index in [4.69, 9.17) is 5.26 Å². The maximum atomic E-state index is 12.5. The Labute approximate surface area is 139 Å². The van der Waals surface area contributed by atoms with Gasteiger partial charge in [0.2, 0.25) is 11.8 Å². The first-order valence-corrected chi connectivity index (χ1v) is 7.63. The minimum Gasteiger partial charge on any atom is -0.351 e. The van der Waals surface area contributed by atoms with E-state index in [0.29, 0.717) is 30.6 Å². The predicted molar refractivity (Wildman–Crippen MR) is 87.5 cm³/mol. The fourth-order valence-corrected chi connectivity index (χ4v) is 2.47. The molecule has 0 saturated heterocycles. The van der Waals surface area contributed by atoms with Crippen molar-refractivity contribution >= 4 is 17.5 Å². The van der Waals surface area contributed by atoms with E-state index >= 15 is 0 Å². The van der Waals surface area contributed by atoms with Crippen LogP contribution in [0.3, 0.4) is 0 Å². The van der Waals surface area contributed by atoms with Gasteiger partial charge < -0.3 is 10.6 Å². The first kappa shape index (κ1) is 15.7. The maximum Gasteiger partial charge on any atom is 0.240 e. The molecular weight excluding hydrogens is 304 g/mol. The lowest BCUT2D eigenvalue weighted by Gasteiger charge is -2.16. The highest BCUT2D eigenvalue weighted by molar-refractivity contribution is 6.13. The van der Waals surface area contributed by atoms with E-state index in [2.05, 4.69) is 15.6 Å². The molecule has 1 aliphatic rings. The molecule has 120 valence electrons. The van der Waals surface area contributed by atoms with E-state index in [1.807, 2.05) is 12.1 Å². The van der Waals surface area contributed by atoms with Gasteiger partial charge in [0, 0.05) is 18.9 Å². The van der Waals surface area contributed by atoms with Crippen molar-refractivity contribution in [3.8, 4) is 6.07 Å². The second-order valence-electron chi connectivity index (χ2n) is 5.74. The number of carbonyl (C=O) groups is 2. The first-order chi connectivity index (χ1) is 11.7. The summed E-state index contributed by atoms with van der Waals surface area (Å²) in [6.45, 7) is 0.330. The summed E-state index contributed by atoms with van der Waals surface area (Å²) >= 11 is 0. The summed E-state index contributed by atoms with van der Waals surface area (Å²) in [4.78, 5) is 28.9. The molecule has 1 aromatic heterocycles. The van der Waals surface area contributed by atoms with Crippen molar-refractivity contribution in [2.75, 3.05) is 5.32 Å². The minimum absolute atomic E-state index is 0.293. The van der Waals surface area contributed by atoms with Gasteiger partial charge in [-0.05, 0) is 36.6 Å². The number of anilines is 1. The van der Waals surface area contributed by atoms with Crippen molar-refractivity contribution in [2.45, 2.75) is 19.4 Å². The standard InChI is InChI=1S/C18H16N4O2/c19-10-14-5-1-2-6-15(14)22-17(24)18(7-8-18)16(23)21-12-13-4-3-9-20-11-13/h1-6,9,11H,7-8,12H2,(H,21,23)(H,22,24). The smallest absolute Gasteiger partial charge is 0.240 e. The SMILES string of the molecule is N#Cc1ccccc1NC(=O)C1(C(=O)NCc2cccnc2)CC1. The summed E-state index contributed by atoms with van der Waals surface area (Å²) in [5, 5.41) is 14.6. The summed E-state index contributed by atoms with van der Waals surface area (Å²) < 4.78 is 0. The van der Waals surface area contributed by atoms with E-state index < -0.39 is 5.41 Å². The van der Waals surface area contributed by atoms with E-state index in [0.717, 1.165) is 5.56 Å². The highest BCUT2D eigenvalue weighted by atomic mass is 16.2. The molecule has 3 rings (SSSR count). The third kappa shape index (κ3) is 3.10. The van der Waals surface area contributed by atoms with Gasteiger partial charge in [0.05, 0.1) is 11.3 Å². The number of para-hydroxylation sites is 1. The van der Waals surface area contributed by atoms with Crippen molar-refractivity contribution in [3.63, 3.8) is 0 Å². The highest BCUT2D eigenvalue weighted by Crippen LogP contribution is 2.47. The van der Waals surface area contributed by atoms with E-state index in [1.165, 1.54) is 0 Å². The molecule has 0 atom stereocenters. The quantitative estimate of drug-likeness (QED) is 0.824. The fourth-order valence-electron chi connectivity index (χ4n) is 2.47. The van der Waals surface area contributed by atoms with E-state index in [-0.39, 0.29) is 11.8 Å². The van der Waals surface area contributed by atoms with Crippen LogP contribution in [0.25, 0.3) is 0 Å². The number of benzene rings is 1. The molecular formula is C18H16N4O2. The number of hydrogen-bond donors (Lipinski definition) is 2. The van der Waals surface area contributed by atoms with Gasteiger partial charge in [-0.25, -0.2) is 0 Å². The molecule has 6 heteroatoms. The van der Waals surface area contributed by atoms with Gasteiger partial charge in [0.15, 0.2) is 0 Å². The zero-order valence-corrected chi connectivity index (χ0v) is 13.0. The Morgan fingerprint density at radius 1 is 1.17 bits per heavy atom. The average Bonchev–Trinajstić information content (AvgIpc) is 3.43. The molecule has 2 amide bonds. The van der Waals surface area contributed by atoms with Crippen LogP contribution in [0.5, 0.6) is 0 Å². The Bertz CT molecular complexity index is 807. The van der Waals surface area contributed by atoms with Crippen LogP contribution in [0.1, 0.15) is 24.0 Å². The van der Waals surface area contributed by atoms with Crippen LogP contribution in [0, 0.1) is 16.7 Å². The number of carbonyl (C=O) groups excluding carboxylic acids is 2. The van der Waals surface area contributed by atoms with Gasteiger partial charge in [-0.1, -0.05) is 18.2 Å². The van der Waals surface area contributed by atoms with Gasteiger partial charge in [0.1, 0.15) is 11.5 Å². The second kappa shape index (κ2) is 6.50. The van der Waals surface area contributed by atoms with Crippen LogP contribution >= 0.6 is 0 Å². The molecule has 1 fully saturated rings. The Kier molecular flexibility index (Phi) is 4.25. The van der Waals surface area contributed by atoms with Gasteiger partial charge in [-0.2, -0.15) is 5.26 Å². The Balaban J connectivity index is 1.66. The summed E-state index contributed by atoms with van der Waals surface area (Å²) in [6.07, 6.45) is 4.34. The monoisotopic (exact) mass is 320 g/mol. The summed E-state index contributed by atoms with van der Waals surface area (Å²) in [7, 11) is 0. The number of hydrogen-bond acceptors (Lipinski definition) is 4. The van der Waals surface area contributed by atoms with Gasteiger partial charge in [-0.3, -0.25) is 14.6 Å². The zero-order valence-electron chi connectivity index (χ0n) is 13.0. The molecule has 0 bridgehead atoms. The van der Waals surface area contributed by atoms with Gasteiger partial charge in [0.25, 0.3) is 0 Å². The lowest BCUT2D eigenvalue weighted by molar-refractivity contribution is -0.134. The van der Waals surface area contributed by atoms with Crippen molar-refractivity contribution in [1.29, 1.82) is 5.26 Å². The summed E-state index contributed by atoms with van der Waals surface area (Å²) in [6, 6.07) is 12.4. The van der Waals surface area contributed by atoms with Gasteiger partial charge >= 0.3 is 0 Å². The number of nitriles is 1. The number of nitrogens with one attached hydrogen (secondary N) is 2. The Morgan fingerprint density at radius 3 is 2.62 bits per heavy atom. The lowest BCUT2D eigenvalue weighted by atomic mass is 10.0. The predicted octanol–water partition coefficient (Wildman–Crippen LogP) is 1.99. The molecule has 1 heterocycles. The zero-order chi connectivity index (χ0) is 17.0. The van der Waals surface area contributed by atoms with Crippen LogP contribution in [0.2, 0.25) is 0 Å². The molecule has 1 aliphatic carbocycles. The van der Waals surface area contributed by atoms with E-state index in [9.17, 15) is 9.59 Å². The number of aromatic nitrogens is 1. The number of rotatable bonds is 5. The van der Waals surface area contributed by atoms with E-state index in [1.54, 1.807) is 42.7 Å². The molecule has 0 unspecified atom stereocenters. The maximum absolute atomic E-state index is 12.5. The molecule has 2 N–H and O–H groups in total. The largest absolute Gasteiger partial charge is 0.351 e. The van der Waals surface area contributed by atoms with Crippen LogP contribution in [0.15, 0.2) is 48.8 Å². The van der Waals surface area contributed by atoms with Crippen molar-refractivity contribution in [3.05, 3.63) is 59.9 Å². The first-order valence-electron chi connectivity index (χ1n) is 7.63. The van der Waals surface area contributed by atoms with Crippen LogP contribution in [-0.4, -0.2) is 16.8 Å². The van der Waals surface area contributed by atoms with Crippen molar-refractivity contribution in [2.24, 2.45) is 5.41 Å². The molecule has 6 nitrogen and oxygen atoms in total. The minimum atomic E-state index is -1.04. The summed E-state index contributed by atoms with van der Waals surface area (Å²) in [5.74, 6) is -0.660. The molecule has 1 saturated carbocycles. The molecule has 24 heavy (non-hydrogen) atoms. The number of amides is 2. The Hall–Kier alpha value is -3.20. The summed E-state index contributed by atoms with van der Waals surface area (Å²) in [5.41, 5.74) is 0.635. The Morgan fingerprint density at radius 2 is 1.96 bits per heavy atom.